The van der Waals surface area contributed by atoms with Crippen molar-refractivity contribution in [3.05, 3.63) is 76.2 Å². The third kappa shape index (κ3) is 5.14. The molecule has 1 aromatic carbocycles. The van der Waals surface area contributed by atoms with Crippen LogP contribution in [-0.4, -0.2) is 68.2 Å². The zero-order valence-electron chi connectivity index (χ0n) is 23.4. The number of anilines is 2. The maximum Gasteiger partial charge on any atom is 0.355 e. The van der Waals surface area contributed by atoms with Crippen LogP contribution in [0.15, 0.2) is 58.9 Å². The van der Waals surface area contributed by atoms with Crippen LogP contribution in [0.4, 0.5) is 15.9 Å². The van der Waals surface area contributed by atoms with E-state index < -0.39 is 11.5 Å². The molecule has 2 amide bonds. The van der Waals surface area contributed by atoms with E-state index in [-0.39, 0.29) is 51.1 Å². The zero-order valence-corrected chi connectivity index (χ0v) is 25.0. The highest BCUT2D eigenvalue weighted by Gasteiger charge is 2.29. The van der Waals surface area contributed by atoms with Crippen LogP contribution in [0.25, 0.3) is 28.0 Å². The average Bonchev–Trinajstić information content (AvgIpc) is 2.99. The van der Waals surface area contributed by atoms with Gasteiger partial charge in [-0.1, -0.05) is 38.1 Å². The molecular weight excluding hydrogens is 593 g/mol. The van der Waals surface area contributed by atoms with Crippen molar-refractivity contribution in [1.82, 2.24) is 24.4 Å². The minimum Gasteiger partial charge on any atom is -0.352 e. The molecule has 2 aliphatic rings. The van der Waals surface area contributed by atoms with Gasteiger partial charge >= 0.3 is 5.69 Å². The highest BCUT2D eigenvalue weighted by Crippen LogP contribution is 2.40. The standard InChI is InChI=1S/C30H27ClFN7O3S/c1-4-23(41)37-10-12-38(13-11-37)28-17-14-18(31)26-24-19(32)6-5-7-20(24)34-22(40)15-43-21-8-9-33-25(16(2)3)27(21)39(29(17)35-26)30(42)36-28/h4-9,14,16H,1,10-13,15H2,2-3H3,(H,34,40). The predicted octanol–water partition coefficient (Wildman–Crippen LogP) is 4.64. The molecule has 4 aromatic rings. The molecule has 220 valence electrons. The number of hydrogen-bond donors (Lipinski definition) is 1. The van der Waals surface area contributed by atoms with E-state index in [1.165, 1.54) is 34.5 Å². The maximum atomic E-state index is 15.5. The Morgan fingerprint density at radius 3 is 2.65 bits per heavy atom. The first-order valence-electron chi connectivity index (χ1n) is 13.7. The van der Waals surface area contributed by atoms with Crippen LogP contribution in [0.2, 0.25) is 5.02 Å². The van der Waals surface area contributed by atoms with Gasteiger partial charge in [-0.25, -0.2) is 18.7 Å². The number of nitrogens with one attached hydrogen (secondary N) is 1. The SMILES string of the molecule is C=CC(=O)N1CCN(c2nc(=O)n3c4nc(c(Cl)cc24)-c2c(F)cccc2NC(=O)CSc2ccnc(C(C)C)c2-3)CC1. The molecule has 1 N–H and O–H groups in total. The lowest BCUT2D eigenvalue weighted by molar-refractivity contribution is -0.126. The summed E-state index contributed by atoms with van der Waals surface area (Å²) in [6.07, 6.45) is 2.92. The van der Waals surface area contributed by atoms with Gasteiger partial charge in [-0.05, 0) is 36.3 Å². The van der Waals surface area contributed by atoms with Gasteiger partial charge in [0.1, 0.15) is 11.6 Å². The molecule has 0 saturated carbocycles. The molecule has 5 heterocycles. The number of amides is 2. The van der Waals surface area contributed by atoms with Gasteiger partial charge < -0.3 is 15.1 Å². The van der Waals surface area contributed by atoms with Gasteiger partial charge in [0.25, 0.3) is 0 Å². The van der Waals surface area contributed by atoms with E-state index in [4.69, 9.17) is 16.6 Å². The van der Waals surface area contributed by atoms with Gasteiger partial charge in [0.15, 0.2) is 5.65 Å². The largest absolute Gasteiger partial charge is 0.355 e. The zero-order chi connectivity index (χ0) is 30.4. The Bertz CT molecular complexity index is 1870. The van der Waals surface area contributed by atoms with Crippen molar-refractivity contribution >= 4 is 57.7 Å². The lowest BCUT2D eigenvalue weighted by Crippen LogP contribution is -2.49. The molecule has 0 atom stereocenters. The van der Waals surface area contributed by atoms with E-state index in [9.17, 15) is 14.4 Å². The molecule has 43 heavy (non-hydrogen) atoms. The van der Waals surface area contributed by atoms with Gasteiger partial charge in [0.05, 0.1) is 44.5 Å². The number of fused-ring (bicyclic) bond motifs is 5. The summed E-state index contributed by atoms with van der Waals surface area (Å²) in [5.41, 5.74) is 0.972. The van der Waals surface area contributed by atoms with Crippen molar-refractivity contribution in [2.45, 2.75) is 24.7 Å². The summed E-state index contributed by atoms with van der Waals surface area (Å²) in [5.74, 6) is -0.901. The third-order valence-electron chi connectivity index (χ3n) is 7.44. The molecule has 13 heteroatoms. The molecular formula is C30H27ClFN7O3S. The summed E-state index contributed by atoms with van der Waals surface area (Å²) in [6.45, 7) is 9.13. The lowest BCUT2D eigenvalue weighted by Gasteiger charge is -2.35. The van der Waals surface area contributed by atoms with E-state index in [0.29, 0.717) is 53.7 Å². The number of carbonyl (C=O) groups excluding carboxylic acids is 2. The minimum absolute atomic E-state index is 0.00326. The Morgan fingerprint density at radius 2 is 1.93 bits per heavy atom. The van der Waals surface area contributed by atoms with Crippen molar-refractivity contribution in [3.63, 3.8) is 0 Å². The van der Waals surface area contributed by atoms with Crippen LogP contribution >= 0.6 is 23.4 Å². The Morgan fingerprint density at radius 1 is 1.16 bits per heavy atom. The lowest BCUT2D eigenvalue weighted by atomic mass is 10.1. The normalized spacial score (nSPS) is 15.0. The smallest absolute Gasteiger partial charge is 0.352 e. The fourth-order valence-corrected chi connectivity index (χ4v) is 6.50. The fourth-order valence-electron chi connectivity index (χ4n) is 5.41. The molecule has 0 radical (unpaired) electrons. The van der Waals surface area contributed by atoms with Gasteiger partial charge in [0.2, 0.25) is 11.8 Å². The number of piperazine rings is 1. The van der Waals surface area contributed by atoms with Crippen molar-refractivity contribution < 1.29 is 14.0 Å². The number of halogens is 2. The molecule has 2 bridgehead atoms. The van der Waals surface area contributed by atoms with Crippen molar-refractivity contribution in [2.24, 2.45) is 0 Å². The molecule has 0 unspecified atom stereocenters. The molecule has 10 nitrogen and oxygen atoms in total. The van der Waals surface area contributed by atoms with Gasteiger partial charge in [0, 0.05) is 37.3 Å². The molecule has 0 aliphatic carbocycles. The Labute approximate surface area is 255 Å². The summed E-state index contributed by atoms with van der Waals surface area (Å²) < 4.78 is 16.9. The van der Waals surface area contributed by atoms with Crippen LogP contribution in [0.3, 0.4) is 0 Å². The molecule has 1 saturated heterocycles. The van der Waals surface area contributed by atoms with E-state index >= 15 is 4.39 Å². The number of aromatic nitrogens is 4. The summed E-state index contributed by atoms with van der Waals surface area (Å²) in [6, 6.07) is 7.71. The predicted molar refractivity (Wildman–Crippen MR) is 166 cm³/mol. The van der Waals surface area contributed by atoms with Crippen molar-refractivity contribution in [3.8, 4) is 16.9 Å². The first kappa shape index (κ1) is 28.8. The number of carbonyl (C=O) groups is 2. The van der Waals surface area contributed by atoms with Crippen LogP contribution < -0.4 is 15.9 Å². The molecule has 1 fully saturated rings. The summed E-state index contributed by atoms with van der Waals surface area (Å²) >= 11 is 8.06. The van der Waals surface area contributed by atoms with Gasteiger partial charge in [-0.3, -0.25) is 14.6 Å². The topological polar surface area (TPSA) is 113 Å². The van der Waals surface area contributed by atoms with Gasteiger partial charge in [-0.15, -0.1) is 11.8 Å². The number of benzene rings is 1. The highest BCUT2D eigenvalue weighted by molar-refractivity contribution is 8.00. The molecule has 6 rings (SSSR count). The summed E-state index contributed by atoms with van der Waals surface area (Å²) in [5, 5.41) is 3.39. The second-order valence-corrected chi connectivity index (χ2v) is 11.9. The molecule has 2 aliphatic heterocycles. The number of pyridine rings is 2. The van der Waals surface area contributed by atoms with Crippen molar-refractivity contribution in [1.29, 1.82) is 0 Å². The number of hydrogen-bond acceptors (Lipinski definition) is 8. The Kier molecular flexibility index (Phi) is 7.65. The number of thioether (sulfide) groups is 1. The summed E-state index contributed by atoms with van der Waals surface area (Å²) in [4.78, 5) is 57.5. The molecule has 3 aromatic heterocycles. The van der Waals surface area contributed by atoms with Gasteiger partial charge in [-0.2, -0.15) is 4.98 Å². The van der Waals surface area contributed by atoms with Crippen LogP contribution in [0.1, 0.15) is 25.5 Å². The Balaban J connectivity index is 1.68. The van der Waals surface area contributed by atoms with E-state index in [1.54, 1.807) is 29.3 Å². The van der Waals surface area contributed by atoms with Crippen LogP contribution in [0.5, 0.6) is 0 Å². The minimum atomic E-state index is -0.632. The van der Waals surface area contributed by atoms with Crippen molar-refractivity contribution in [2.75, 3.05) is 42.1 Å². The van der Waals surface area contributed by atoms with Crippen LogP contribution in [-0.2, 0) is 9.59 Å². The second-order valence-electron chi connectivity index (χ2n) is 10.5. The fraction of sp³-hybridized carbons (Fsp3) is 0.267. The quantitative estimate of drug-likeness (QED) is 0.330. The monoisotopic (exact) mass is 619 g/mol. The third-order valence-corrected chi connectivity index (χ3v) is 8.77. The maximum absolute atomic E-state index is 15.5. The molecule has 0 spiro atoms. The van der Waals surface area contributed by atoms with Crippen LogP contribution in [0, 0.1) is 5.82 Å². The first-order valence-corrected chi connectivity index (χ1v) is 15.0. The van der Waals surface area contributed by atoms with E-state index in [1.807, 2.05) is 18.7 Å². The number of rotatable bonds is 3. The van der Waals surface area contributed by atoms with E-state index in [0.717, 1.165) is 0 Å². The average molecular weight is 620 g/mol. The Hall–Kier alpha value is -4.29. The second kappa shape index (κ2) is 11.4. The summed E-state index contributed by atoms with van der Waals surface area (Å²) in [7, 11) is 0. The number of nitrogens with zero attached hydrogens (tertiary/aromatic N) is 6. The highest BCUT2D eigenvalue weighted by atomic mass is 35.5. The first-order chi connectivity index (χ1) is 20.7. The van der Waals surface area contributed by atoms with E-state index in [2.05, 4.69) is 21.9 Å².